The molecule has 4 amide bonds. The van der Waals surface area contributed by atoms with Crippen LogP contribution in [-0.2, 0) is 4.79 Å². The first-order valence-corrected chi connectivity index (χ1v) is 9.96. The van der Waals surface area contributed by atoms with Crippen molar-refractivity contribution in [3.8, 4) is 0 Å². The van der Waals surface area contributed by atoms with Crippen LogP contribution in [-0.4, -0.2) is 71.1 Å². The van der Waals surface area contributed by atoms with E-state index in [1.54, 1.807) is 34.1 Å². The number of nitrogens with zero attached hydrogens (tertiary/aromatic N) is 3. The normalized spacial score (nSPS) is 16.1. The van der Waals surface area contributed by atoms with Crippen molar-refractivity contribution >= 4 is 23.6 Å². The van der Waals surface area contributed by atoms with Crippen LogP contribution in [0.2, 0.25) is 0 Å². The lowest BCUT2D eigenvalue weighted by atomic mass is 10.1. The molecule has 0 saturated carbocycles. The Morgan fingerprint density at radius 2 is 1.37 bits per heavy atom. The minimum Gasteiger partial charge on any atom is -0.338 e. The first kappa shape index (κ1) is 19.8. The van der Waals surface area contributed by atoms with Crippen LogP contribution in [0.25, 0.3) is 0 Å². The van der Waals surface area contributed by atoms with Crippen molar-refractivity contribution in [3.63, 3.8) is 0 Å². The van der Waals surface area contributed by atoms with Gasteiger partial charge in [0.1, 0.15) is 6.54 Å². The van der Waals surface area contributed by atoms with Crippen LogP contribution >= 0.6 is 0 Å². The first-order valence-electron chi connectivity index (χ1n) is 9.96. The maximum atomic E-state index is 12.8. The molecular formula is C23H23N3O4. The highest BCUT2D eigenvalue weighted by Crippen LogP contribution is 2.22. The highest BCUT2D eigenvalue weighted by Gasteiger charge is 2.37. The molecule has 2 heterocycles. The number of hydrogen-bond acceptors (Lipinski definition) is 4. The van der Waals surface area contributed by atoms with Crippen molar-refractivity contribution in [2.75, 3.05) is 32.7 Å². The Bertz CT molecular complexity index is 1020. The number of imide groups is 1. The second kappa shape index (κ2) is 7.74. The van der Waals surface area contributed by atoms with E-state index in [-0.39, 0.29) is 18.4 Å². The van der Waals surface area contributed by atoms with E-state index in [0.717, 1.165) is 16.0 Å². The van der Waals surface area contributed by atoms with Gasteiger partial charge in [-0.1, -0.05) is 18.2 Å². The van der Waals surface area contributed by atoms with Crippen LogP contribution in [0.3, 0.4) is 0 Å². The van der Waals surface area contributed by atoms with Gasteiger partial charge in [0.25, 0.3) is 17.7 Å². The zero-order chi connectivity index (χ0) is 21.4. The third-order valence-corrected chi connectivity index (χ3v) is 5.85. The summed E-state index contributed by atoms with van der Waals surface area (Å²) >= 11 is 0. The monoisotopic (exact) mass is 405 g/mol. The summed E-state index contributed by atoms with van der Waals surface area (Å²) in [7, 11) is 0. The molecule has 0 bridgehead atoms. The predicted molar refractivity (Wildman–Crippen MR) is 110 cm³/mol. The van der Waals surface area contributed by atoms with Crippen LogP contribution in [0.4, 0.5) is 0 Å². The molecule has 2 aromatic rings. The highest BCUT2D eigenvalue weighted by molar-refractivity contribution is 6.22. The third-order valence-electron chi connectivity index (χ3n) is 5.85. The van der Waals surface area contributed by atoms with E-state index in [1.165, 1.54) is 0 Å². The summed E-state index contributed by atoms with van der Waals surface area (Å²) < 4.78 is 0. The Hall–Kier alpha value is -3.48. The van der Waals surface area contributed by atoms with Crippen molar-refractivity contribution in [1.29, 1.82) is 0 Å². The fourth-order valence-electron chi connectivity index (χ4n) is 3.83. The molecule has 7 nitrogen and oxygen atoms in total. The zero-order valence-corrected chi connectivity index (χ0v) is 17.1. The van der Waals surface area contributed by atoms with E-state index >= 15 is 0 Å². The Balaban J connectivity index is 1.36. The van der Waals surface area contributed by atoms with E-state index in [1.807, 2.05) is 32.0 Å². The lowest BCUT2D eigenvalue weighted by Gasteiger charge is -2.35. The van der Waals surface area contributed by atoms with E-state index < -0.39 is 11.8 Å². The van der Waals surface area contributed by atoms with Gasteiger partial charge in [-0.15, -0.1) is 0 Å². The largest absolute Gasteiger partial charge is 0.338 e. The quantitative estimate of drug-likeness (QED) is 0.731. The topological polar surface area (TPSA) is 78.0 Å². The third kappa shape index (κ3) is 3.47. The lowest BCUT2D eigenvalue weighted by molar-refractivity contribution is -0.132. The molecule has 2 aliphatic heterocycles. The molecule has 7 heteroatoms. The van der Waals surface area contributed by atoms with E-state index in [0.29, 0.717) is 42.9 Å². The summed E-state index contributed by atoms with van der Waals surface area (Å²) in [5, 5.41) is 0. The highest BCUT2D eigenvalue weighted by atomic mass is 16.2. The van der Waals surface area contributed by atoms with Crippen LogP contribution in [0.5, 0.6) is 0 Å². The minimum absolute atomic E-state index is 0.0504. The van der Waals surface area contributed by atoms with E-state index in [4.69, 9.17) is 0 Å². The van der Waals surface area contributed by atoms with Crippen LogP contribution in [0.15, 0.2) is 42.5 Å². The van der Waals surface area contributed by atoms with Gasteiger partial charge in [-0.3, -0.25) is 24.1 Å². The molecule has 2 aliphatic rings. The summed E-state index contributed by atoms with van der Waals surface area (Å²) in [5.74, 6) is -1.21. The lowest BCUT2D eigenvalue weighted by Crippen LogP contribution is -2.53. The van der Waals surface area contributed by atoms with Gasteiger partial charge in [0, 0.05) is 31.7 Å². The zero-order valence-electron chi connectivity index (χ0n) is 17.1. The number of rotatable bonds is 3. The second-order valence-electron chi connectivity index (χ2n) is 7.71. The summed E-state index contributed by atoms with van der Waals surface area (Å²) in [5.41, 5.74) is 3.51. The molecule has 0 aliphatic carbocycles. The Morgan fingerprint density at radius 3 is 1.93 bits per heavy atom. The number of benzene rings is 2. The average molecular weight is 405 g/mol. The molecule has 0 unspecified atom stereocenters. The number of fused-ring (bicyclic) bond motifs is 1. The maximum Gasteiger partial charge on any atom is 0.262 e. The average Bonchev–Trinajstić information content (AvgIpc) is 3.00. The number of hydrogen-bond donors (Lipinski definition) is 0. The Labute approximate surface area is 174 Å². The second-order valence-corrected chi connectivity index (χ2v) is 7.71. The predicted octanol–water partition coefficient (Wildman–Crippen LogP) is 1.88. The van der Waals surface area contributed by atoms with E-state index in [2.05, 4.69) is 0 Å². The smallest absolute Gasteiger partial charge is 0.262 e. The SMILES string of the molecule is Cc1ccc(C(=O)N2CCN(C(=O)CN3C(=O)c4ccccc4C3=O)CC2)cc1C. The van der Waals surface area contributed by atoms with Gasteiger partial charge < -0.3 is 9.80 Å². The van der Waals surface area contributed by atoms with Gasteiger partial charge in [-0.05, 0) is 49.2 Å². The molecule has 1 saturated heterocycles. The summed E-state index contributed by atoms with van der Waals surface area (Å²) in [4.78, 5) is 54.7. The molecule has 0 aromatic heterocycles. The standard InChI is InChI=1S/C23H23N3O4/c1-15-7-8-17(13-16(15)2)21(28)25-11-9-24(10-12-25)20(27)14-26-22(29)18-5-3-4-6-19(18)23(26)30/h3-8,13H,9-12,14H2,1-2H3. The van der Waals surface area contributed by atoms with Gasteiger partial charge in [0.2, 0.25) is 5.91 Å². The summed E-state index contributed by atoms with van der Waals surface area (Å²) in [6.07, 6.45) is 0. The molecule has 30 heavy (non-hydrogen) atoms. The van der Waals surface area contributed by atoms with Crippen LogP contribution < -0.4 is 0 Å². The molecule has 1 fully saturated rings. The maximum absolute atomic E-state index is 12.8. The molecule has 0 spiro atoms. The molecular weight excluding hydrogens is 382 g/mol. The fourth-order valence-corrected chi connectivity index (χ4v) is 3.83. The van der Waals surface area contributed by atoms with Crippen molar-refractivity contribution in [3.05, 3.63) is 70.3 Å². The van der Waals surface area contributed by atoms with Gasteiger partial charge in [-0.2, -0.15) is 0 Å². The van der Waals surface area contributed by atoms with Crippen LogP contribution in [0.1, 0.15) is 42.2 Å². The Kier molecular flexibility index (Phi) is 5.11. The van der Waals surface area contributed by atoms with Gasteiger partial charge in [-0.25, -0.2) is 0 Å². The molecule has 0 radical (unpaired) electrons. The van der Waals surface area contributed by atoms with Crippen molar-refractivity contribution < 1.29 is 19.2 Å². The van der Waals surface area contributed by atoms with Crippen molar-refractivity contribution in [1.82, 2.24) is 14.7 Å². The molecule has 154 valence electrons. The van der Waals surface area contributed by atoms with Crippen LogP contribution in [0, 0.1) is 13.8 Å². The van der Waals surface area contributed by atoms with Gasteiger partial charge >= 0.3 is 0 Å². The number of amides is 4. The molecule has 2 aromatic carbocycles. The fraction of sp³-hybridized carbons (Fsp3) is 0.304. The minimum atomic E-state index is -0.437. The summed E-state index contributed by atoms with van der Waals surface area (Å²) in [6.45, 7) is 5.28. The van der Waals surface area contributed by atoms with E-state index in [9.17, 15) is 19.2 Å². The summed E-state index contributed by atoms with van der Waals surface area (Å²) in [6, 6.07) is 12.2. The molecule has 0 N–H and O–H groups in total. The number of piperazine rings is 1. The number of aryl methyl sites for hydroxylation is 2. The number of carbonyl (C=O) groups is 4. The van der Waals surface area contributed by atoms with Gasteiger partial charge in [0.15, 0.2) is 0 Å². The molecule has 4 rings (SSSR count). The van der Waals surface area contributed by atoms with Gasteiger partial charge in [0.05, 0.1) is 11.1 Å². The van der Waals surface area contributed by atoms with Crippen molar-refractivity contribution in [2.45, 2.75) is 13.8 Å². The number of carbonyl (C=O) groups excluding carboxylic acids is 4. The van der Waals surface area contributed by atoms with Crippen molar-refractivity contribution in [2.24, 2.45) is 0 Å². The Morgan fingerprint density at radius 1 is 0.800 bits per heavy atom. The first-order chi connectivity index (χ1) is 14.4. The molecule has 0 atom stereocenters.